The third-order valence-electron chi connectivity index (χ3n) is 3.99. The SMILES string of the molecule is c1ccc2[nH]c(Oc3ccc(Oc4nc5ccccc5[nH]4)cc3)nc2c1. The fourth-order valence-corrected chi connectivity index (χ4v) is 2.75. The smallest absolute Gasteiger partial charge is 0.300 e. The Labute approximate surface area is 148 Å². The highest BCUT2D eigenvalue weighted by atomic mass is 16.5. The lowest BCUT2D eigenvalue weighted by Gasteiger charge is -2.04. The molecule has 0 amide bonds. The van der Waals surface area contributed by atoms with Crippen molar-refractivity contribution < 1.29 is 9.47 Å². The van der Waals surface area contributed by atoms with Gasteiger partial charge in [0.1, 0.15) is 11.5 Å². The molecule has 2 heterocycles. The van der Waals surface area contributed by atoms with Gasteiger partial charge in [0.2, 0.25) is 0 Å². The maximum Gasteiger partial charge on any atom is 0.300 e. The zero-order chi connectivity index (χ0) is 17.3. The zero-order valence-corrected chi connectivity index (χ0v) is 13.6. The zero-order valence-electron chi connectivity index (χ0n) is 13.6. The van der Waals surface area contributed by atoms with Gasteiger partial charge in [0, 0.05) is 0 Å². The van der Waals surface area contributed by atoms with Crippen molar-refractivity contribution in [2.45, 2.75) is 0 Å². The monoisotopic (exact) mass is 342 g/mol. The van der Waals surface area contributed by atoms with Crippen LogP contribution in [0.3, 0.4) is 0 Å². The van der Waals surface area contributed by atoms with Gasteiger partial charge in [-0.1, -0.05) is 24.3 Å². The van der Waals surface area contributed by atoms with E-state index in [2.05, 4.69) is 19.9 Å². The normalized spacial score (nSPS) is 11.1. The van der Waals surface area contributed by atoms with E-state index in [0.717, 1.165) is 22.1 Å². The van der Waals surface area contributed by atoms with Crippen molar-refractivity contribution in [1.29, 1.82) is 0 Å². The highest BCUT2D eigenvalue weighted by molar-refractivity contribution is 5.76. The highest BCUT2D eigenvalue weighted by Gasteiger charge is 2.07. The Bertz CT molecular complexity index is 1030. The second-order valence-corrected chi connectivity index (χ2v) is 5.79. The highest BCUT2D eigenvalue weighted by Crippen LogP contribution is 2.26. The van der Waals surface area contributed by atoms with Gasteiger partial charge in [0.15, 0.2) is 0 Å². The number of nitrogens with zero attached hydrogens (tertiary/aromatic N) is 2. The molecular weight excluding hydrogens is 328 g/mol. The van der Waals surface area contributed by atoms with Crippen LogP contribution in [-0.2, 0) is 0 Å². The van der Waals surface area contributed by atoms with Crippen molar-refractivity contribution in [3.05, 3.63) is 72.8 Å². The van der Waals surface area contributed by atoms with Crippen LogP contribution >= 0.6 is 0 Å². The lowest BCUT2D eigenvalue weighted by molar-refractivity contribution is 0.437. The van der Waals surface area contributed by atoms with E-state index < -0.39 is 0 Å². The molecule has 26 heavy (non-hydrogen) atoms. The molecule has 6 nitrogen and oxygen atoms in total. The van der Waals surface area contributed by atoms with Gasteiger partial charge >= 0.3 is 0 Å². The van der Waals surface area contributed by atoms with Gasteiger partial charge in [-0.2, -0.15) is 9.97 Å². The minimum absolute atomic E-state index is 0.456. The Balaban J connectivity index is 1.33. The summed E-state index contributed by atoms with van der Waals surface area (Å²) in [6.07, 6.45) is 0. The molecule has 0 unspecified atom stereocenters. The fraction of sp³-hybridized carbons (Fsp3) is 0. The molecule has 0 radical (unpaired) electrons. The summed E-state index contributed by atoms with van der Waals surface area (Å²) in [7, 11) is 0. The van der Waals surface area contributed by atoms with Gasteiger partial charge in [-0.3, -0.25) is 0 Å². The second kappa shape index (κ2) is 5.93. The van der Waals surface area contributed by atoms with Gasteiger partial charge in [0.25, 0.3) is 12.0 Å². The first kappa shape index (κ1) is 14.5. The number of aromatic amines is 2. The van der Waals surface area contributed by atoms with Crippen molar-refractivity contribution in [3.8, 4) is 23.5 Å². The van der Waals surface area contributed by atoms with E-state index >= 15 is 0 Å². The molecule has 0 bridgehead atoms. The van der Waals surface area contributed by atoms with Crippen LogP contribution in [0, 0.1) is 0 Å². The molecule has 0 aliphatic rings. The summed E-state index contributed by atoms with van der Waals surface area (Å²) < 4.78 is 11.5. The first-order valence-electron chi connectivity index (χ1n) is 8.19. The van der Waals surface area contributed by atoms with Crippen molar-refractivity contribution in [3.63, 3.8) is 0 Å². The molecule has 6 heteroatoms. The molecule has 2 aromatic heterocycles. The van der Waals surface area contributed by atoms with Gasteiger partial charge in [0.05, 0.1) is 22.1 Å². The van der Waals surface area contributed by atoms with Crippen LogP contribution in [0.25, 0.3) is 22.1 Å². The predicted molar refractivity (Wildman–Crippen MR) is 98.8 cm³/mol. The van der Waals surface area contributed by atoms with Crippen LogP contribution in [0.2, 0.25) is 0 Å². The second-order valence-electron chi connectivity index (χ2n) is 5.79. The standard InChI is InChI=1S/C20H14N4O2/c1-2-6-16-15(5-1)21-19(22-16)25-13-9-11-14(12-10-13)26-20-23-17-7-3-4-8-18(17)24-20/h1-12H,(H,21,22)(H,23,24). The summed E-state index contributed by atoms with van der Waals surface area (Å²) in [6, 6.07) is 23.8. The third kappa shape index (κ3) is 2.73. The number of aromatic nitrogens is 4. The van der Waals surface area contributed by atoms with E-state index in [-0.39, 0.29) is 0 Å². The number of rotatable bonds is 4. The van der Waals surface area contributed by atoms with Crippen molar-refractivity contribution in [2.75, 3.05) is 0 Å². The fourth-order valence-electron chi connectivity index (χ4n) is 2.75. The third-order valence-corrected chi connectivity index (χ3v) is 3.99. The number of imidazole rings is 2. The van der Waals surface area contributed by atoms with E-state index in [1.165, 1.54) is 0 Å². The number of nitrogens with one attached hydrogen (secondary N) is 2. The number of H-pyrrole nitrogens is 2. The van der Waals surface area contributed by atoms with Gasteiger partial charge < -0.3 is 19.4 Å². The van der Waals surface area contributed by atoms with Crippen molar-refractivity contribution in [1.82, 2.24) is 19.9 Å². The number of hydrogen-bond donors (Lipinski definition) is 2. The van der Waals surface area contributed by atoms with Gasteiger partial charge in [-0.05, 0) is 48.5 Å². The van der Waals surface area contributed by atoms with E-state index in [0.29, 0.717) is 23.5 Å². The quantitative estimate of drug-likeness (QED) is 0.480. The molecule has 2 N–H and O–H groups in total. The van der Waals surface area contributed by atoms with Crippen LogP contribution in [0.15, 0.2) is 72.8 Å². The average Bonchev–Trinajstić information content (AvgIpc) is 3.25. The van der Waals surface area contributed by atoms with Crippen molar-refractivity contribution >= 4 is 22.1 Å². The number of para-hydroxylation sites is 4. The maximum absolute atomic E-state index is 5.77. The summed E-state index contributed by atoms with van der Waals surface area (Å²) in [5, 5.41) is 0. The summed E-state index contributed by atoms with van der Waals surface area (Å²) in [5.41, 5.74) is 3.61. The van der Waals surface area contributed by atoms with Crippen LogP contribution in [0.4, 0.5) is 0 Å². The minimum atomic E-state index is 0.456. The molecule has 126 valence electrons. The van der Waals surface area contributed by atoms with E-state index in [9.17, 15) is 0 Å². The first-order valence-corrected chi connectivity index (χ1v) is 8.19. The summed E-state index contributed by atoms with van der Waals surface area (Å²) in [4.78, 5) is 15.1. The lowest BCUT2D eigenvalue weighted by Crippen LogP contribution is -1.88. The van der Waals surface area contributed by atoms with Crippen LogP contribution in [0.5, 0.6) is 23.5 Å². The number of benzene rings is 3. The molecule has 0 fully saturated rings. The molecule has 0 saturated carbocycles. The molecule has 0 aliphatic carbocycles. The molecular formula is C20H14N4O2. The molecule has 5 aromatic rings. The van der Waals surface area contributed by atoms with Crippen LogP contribution in [0.1, 0.15) is 0 Å². The number of ether oxygens (including phenoxy) is 2. The van der Waals surface area contributed by atoms with E-state index in [1.54, 1.807) is 0 Å². The lowest BCUT2D eigenvalue weighted by atomic mass is 10.3. The summed E-state index contributed by atoms with van der Waals surface area (Å²) >= 11 is 0. The Kier molecular flexibility index (Phi) is 3.31. The largest absolute Gasteiger partial charge is 0.426 e. The van der Waals surface area contributed by atoms with E-state index in [1.807, 2.05) is 72.8 Å². The predicted octanol–water partition coefficient (Wildman–Crippen LogP) is 5.02. The number of fused-ring (bicyclic) bond motifs is 2. The molecule has 0 atom stereocenters. The summed E-state index contributed by atoms with van der Waals surface area (Å²) in [6.45, 7) is 0. The van der Waals surface area contributed by atoms with Crippen LogP contribution in [-0.4, -0.2) is 19.9 Å². The average molecular weight is 342 g/mol. The Morgan fingerprint density at radius 2 is 0.962 bits per heavy atom. The number of hydrogen-bond acceptors (Lipinski definition) is 4. The van der Waals surface area contributed by atoms with Crippen molar-refractivity contribution in [2.24, 2.45) is 0 Å². The van der Waals surface area contributed by atoms with Gasteiger partial charge in [-0.25, -0.2) is 0 Å². The molecule has 0 spiro atoms. The molecule has 3 aromatic carbocycles. The first-order chi connectivity index (χ1) is 12.8. The molecule has 0 aliphatic heterocycles. The van der Waals surface area contributed by atoms with Gasteiger partial charge in [-0.15, -0.1) is 0 Å². The molecule has 0 saturated heterocycles. The van der Waals surface area contributed by atoms with Crippen LogP contribution < -0.4 is 9.47 Å². The maximum atomic E-state index is 5.77. The Morgan fingerprint density at radius 3 is 1.38 bits per heavy atom. The minimum Gasteiger partial charge on any atom is -0.426 e. The van der Waals surface area contributed by atoms with E-state index in [4.69, 9.17) is 9.47 Å². The topological polar surface area (TPSA) is 75.8 Å². The summed E-state index contributed by atoms with van der Waals surface area (Å²) in [5.74, 6) is 1.34. The Morgan fingerprint density at radius 1 is 0.538 bits per heavy atom. The Hall–Kier alpha value is -3.80. The molecule has 5 rings (SSSR count).